The molecule has 5 rings (SSSR count). The molecule has 2 heterocycles. The molecule has 0 atom stereocenters. The van der Waals surface area contributed by atoms with Crippen molar-refractivity contribution in [3.63, 3.8) is 0 Å². The highest BCUT2D eigenvalue weighted by molar-refractivity contribution is 7.89. The Morgan fingerprint density at radius 2 is 1.84 bits per heavy atom. The van der Waals surface area contributed by atoms with E-state index in [-0.39, 0.29) is 11.7 Å². The number of benzene rings is 2. The van der Waals surface area contributed by atoms with Crippen LogP contribution in [0.4, 0.5) is 5.00 Å². The highest BCUT2D eigenvalue weighted by Gasteiger charge is 2.25. The van der Waals surface area contributed by atoms with Crippen LogP contribution in [0.15, 0.2) is 48.5 Å². The number of aromatic amines is 1. The standard InChI is InChI=1S/C24H23N3O3S2/c1-32(29,30)14-15-10-12-16(13-11-15)23(28)27-24-21(17-6-2-5-9-20(17)31-24)22-25-18-7-3-4-8-19(18)26-22/h3-4,7-8,10-13H,2,5-6,9,14H2,1H3,(H,25,26)(H,27,28). The Morgan fingerprint density at radius 3 is 2.59 bits per heavy atom. The Balaban J connectivity index is 1.48. The van der Waals surface area contributed by atoms with Crippen molar-refractivity contribution < 1.29 is 13.2 Å². The van der Waals surface area contributed by atoms with Crippen LogP contribution in [-0.2, 0) is 28.4 Å². The van der Waals surface area contributed by atoms with Gasteiger partial charge in [0.25, 0.3) is 5.91 Å². The number of nitrogens with zero attached hydrogens (tertiary/aromatic N) is 1. The van der Waals surface area contributed by atoms with Crippen molar-refractivity contribution in [3.05, 3.63) is 70.1 Å². The first-order chi connectivity index (χ1) is 15.4. The number of hydrogen-bond acceptors (Lipinski definition) is 5. The zero-order chi connectivity index (χ0) is 22.3. The first-order valence-electron chi connectivity index (χ1n) is 10.5. The summed E-state index contributed by atoms with van der Waals surface area (Å²) in [7, 11) is -3.12. The fourth-order valence-corrected chi connectivity index (χ4v) is 6.29. The van der Waals surface area contributed by atoms with E-state index < -0.39 is 9.84 Å². The van der Waals surface area contributed by atoms with Crippen LogP contribution in [0, 0.1) is 0 Å². The lowest BCUT2D eigenvalue weighted by molar-refractivity contribution is 0.102. The maximum absolute atomic E-state index is 13.0. The molecule has 1 aliphatic rings. The number of nitrogens with one attached hydrogen (secondary N) is 2. The fourth-order valence-electron chi connectivity index (χ4n) is 4.21. The molecule has 0 bridgehead atoms. The van der Waals surface area contributed by atoms with Gasteiger partial charge >= 0.3 is 0 Å². The van der Waals surface area contributed by atoms with Crippen molar-refractivity contribution in [3.8, 4) is 11.4 Å². The quantitative estimate of drug-likeness (QED) is 0.435. The minimum atomic E-state index is -3.12. The number of aryl methyl sites for hydroxylation is 1. The largest absolute Gasteiger partial charge is 0.338 e. The summed E-state index contributed by atoms with van der Waals surface area (Å²) in [5.41, 5.74) is 5.29. The molecule has 2 aromatic carbocycles. The van der Waals surface area contributed by atoms with Gasteiger partial charge in [-0.25, -0.2) is 13.4 Å². The number of thiophene rings is 1. The van der Waals surface area contributed by atoms with Crippen LogP contribution in [0.1, 0.15) is 39.2 Å². The molecule has 2 N–H and O–H groups in total. The monoisotopic (exact) mass is 465 g/mol. The van der Waals surface area contributed by atoms with Gasteiger partial charge in [0.15, 0.2) is 9.84 Å². The number of imidazole rings is 1. The molecule has 0 unspecified atom stereocenters. The summed E-state index contributed by atoms with van der Waals surface area (Å²) >= 11 is 1.63. The van der Waals surface area contributed by atoms with E-state index in [0.29, 0.717) is 11.1 Å². The number of H-pyrrole nitrogens is 1. The summed E-state index contributed by atoms with van der Waals surface area (Å²) in [5, 5.41) is 3.90. The first kappa shape index (κ1) is 20.9. The molecule has 4 aromatic rings. The summed E-state index contributed by atoms with van der Waals surface area (Å²) in [6.45, 7) is 0. The lowest BCUT2D eigenvalue weighted by Gasteiger charge is -2.12. The predicted octanol–water partition coefficient (Wildman–Crippen LogP) is 4.97. The molecule has 1 amide bonds. The summed E-state index contributed by atoms with van der Waals surface area (Å²) < 4.78 is 23.0. The number of rotatable bonds is 5. The summed E-state index contributed by atoms with van der Waals surface area (Å²) in [5.74, 6) is 0.527. The Morgan fingerprint density at radius 1 is 1.09 bits per heavy atom. The van der Waals surface area contributed by atoms with Gasteiger partial charge in [-0.05, 0) is 61.1 Å². The van der Waals surface area contributed by atoms with E-state index in [0.717, 1.165) is 53.1 Å². The second kappa shape index (κ2) is 8.18. The van der Waals surface area contributed by atoms with Crippen molar-refractivity contribution in [2.24, 2.45) is 0 Å². The number of aromatic nitrogens is 2. The molecular formula is C24H23N3O3S2. The molecule has 32 heavy (non-hydrogen) atoms. The second-order valence-corrected chi connectivity index (χ2v) is 11.5. The van der Waals surface area contributed by atoms with E-state index in [2.05, 4.69) is 10.3 Å². The Kier molecular flexibility index (Phi) is 5.35. The van der Waals surface area contributed by atoms with E-state index in [1.165, 1.54) is 16.7 Å². The summed E-state index contributed by atoms with van der Waals surface area (Å²) in [6, 6.07) is 14.6. The number of para-hydroxylation sites is 2. The van der Waals surface area contributed by atoms with E-state index in [9.17, 15) is 13.2 Å². The molecule has 0 aliphatic heterocycles. The third-order valence-electron chi connectivity index (χ3n) is 5.67. The van der Waals surface area contributed by atoms with Gasteiger partial charge in [-0.2, -0.15) is 0 Å². The molecule has 0 fully saturated rings. The highest BCUT2D eigenvalue weighted by Crippen LogP contribution is 2.43. The van der Waals surface area contributed by atoms with Crippen LogP contribution >= 0.6 is 11.3 Å². The van der Waals surface area contributed by atoms with Gasteiger partial charge in [0.1, 0.15) is 10.8 Å². The molecule has 0 saturated carbocycles. The Hall–Kier alpha value is -2.97. The summed E-state index contributed by atoms with van der Waals surface area (Å²) in [4.78, 5) is 22.5. The number of carbonyl (C=O) groups is 1. The molecule has 6 nitrogen and oxygen atoms in total. The number of sulfone groups is 1. The van der Waals surface area contributed by atoms with E-state index >= 15 is 0 Å². The van der Waals surface area contributed by atoms with Gasteiger partial charge in [0.2, 0.25) is 0 Å². The zero-order valence-corrected chi connectivity index (χ0v) is 19.3. The van der Waals surface area contributed by atoms with Crippen LogP contribution in [0.2, 0.25) is 0 Å². The highest BCUT2D eigenvalue weighted by atomic mass is 32.2. The van der Waals surface area contributed by atoms with E-state index in [1.54, 1.807) is 35.6 Å². The first-order valence-corrected chi connectivity index (χ1v) is 13.4. The van der Waals surface area contributed by atoms with Crippen molar-refractivity contribution in [2.75, 3.05) is 11.6 Å². The molecule has 164 valence electrons. The molecular weight excluding hydrogens is 442 g/mol. The third kappa shape index (κ3) is 4.20. The fraction of sp³-hybridized carbons (Fsp3) is 0.250. The van der Waals surface area contributed by atoms with Gasteiger partial charge in [-0.1, -0.05) is 24.3 Å². The number of amides is 1. The van der Waals surface area contributed by atoms with Crippen LogP contribution in [-0.4, -0.2) is 30.5 Å². The molecule has 2 aromatic heterocycles. The minimum absolute atomic E-state index is 0.0389. The van der Waals surface area contributed by atoms with Crippen LogP contribution in [0.3, 0.4) is 0 Å². The Bertz CT molecular complexity index is 1380. The van der Waals surface area contributed by atoms with Gasteiger partial charge in [0, 0.05) is 16.7 Å². The van der Waals surface area contributed by atoms with Crippen molar-refractivity contribution >= 4 is 43.1 Å². The lowest BCUT2D eigenvalue weighted by Crippen LogP contribution is -2.12. The number of fused-ring (bicyclic) bond motifs is 2. The van der Waals surface area contributed by atoms with Crippen LogP contribution in [0.5, 0.6) is 0 Å². The van der Waals surface area contributed by atoms with Crippen LogP contribution in [0.25, 0.3) is 22.4 Å². The molecule has 8 heteroatoms. The average Bonchev–Trinajstić information content (AvgIpc) is 3.33. The third-order valence-corrected chi connectivity index (χ3v) is 7.73. The average molecular weight is 466 g/mol. The van der Waals surface area contributed by atoms with E-state index in [4.69, 9.17) is 4.98 Å². The number of anilines is 1. The topological polar surface area (TPSA) is 91.9 Å². The second-order valence-electron chi connectivity index (χ2n) is 8.24. The van der Waals surface area contributed by atoms with Crippen LogP contribution < -0.4 is 5.32 Å². The van der Waals surface area contributed by atoms with Gasteiger partial charge in [0.05, 0.1) is 22.3 Å². The zero-order valence-electron chi connectivity index (χ0n) is 17.6. The minimum Gasteiger partial charge on any atom is -0.338 e. The smallest absolute Gasteiger partial charge is 0.256 e. The molecule has 1 aliphatic carbocycles. The SMILES string of the molecule is CS(=O)(=O)Cc1ccc(C(=O)Nc2sc3c(c2-c2nc4ccccc4[nH]2)CCCC3)cc1. The Labute approximate surface area is 190 Å². The van der Waals surface area contributed by atoms with Crippen molar-refractivity contribution in [2.45, 2.75) is 31.4 Å². The normalized spacial score (nSPS) is 13.8. The number of carbonyl (C=O) groups excluding carboxylic acids is 1. The summed E-state index contributed by atoms with van der Waals surface area (Å²) in [6.07, 6.45) is 5.48. The van der Waals surface area contributed by atoms with Gasteiger partial charge in [-0.15, -0.1) is 11.3 Å². The molecule has 0 saturated heterocycles. The van der Waals surface area contributed by atoms with Crippen molar-refractivity contribution in [1.82, 2.24) is 9.97 Å². The van der Waals surface area contributed by atoms with Crippen molar-refractivity contribution in [1.29, 1.82) is 0 Å². The molecule has 0 radical (unpaired) electrons. The maximum Gasteiger partial charge on any atom is 0.256 e. The van der Waals surface area contributed by atoms with Gasteiger partial charge < -0.3 is 10.3 Å². The maximum atomic E-state index is 13.0. The van der Waals surface area contributed by atoms with E-state index in [1.807, 2.05) is 24.3 Å². The molecule has 0 spiro atoms. The number of hydrogen-bond donors (Lipinski definition) is 2. The van der Waals surface area contributed by atoms with Gasteiger partial charge in [-0.3, -0.25) is 4.79 Å². The lowest BCUT2D eigenvalue weighted by atomic mass is 9.95. The predicted molar refractivity (Wildman–Crippen MR) is 129 cm³/mol.